The fourth-order valence-corrected chi connectivity index (χ4v) is 3.57. The molecule has 1 aliphatic heterocycles. The molecule has 1 unspecified atom stereocenters. The first-order chi connectivity index (χ1) is 9.79. The second kappa shape index (κ2) is 6.11. The molecule has 3 heterocycles. The summed E-state index contributed by atoms with van der Waals surface area (Å²) in [5.74, 6) is 1.05. The van der Waals surface area contributed by atoms with Gasteiger partial charge >= 0.3 is 0 Å². The summed E-state index contributed by atoms with van der Waals surface area (Å²) in [5.41, 5.74) is 6.96. The van der Waals surface area contributed by atoms with E-state index in [9.17, 15) is 0 Å². The highest BCUT2D eigenvalue weighted by Crippen LogP contribution is 2.25. The van der Waals surface area contributed by atoms with E-state index in [0.717, 1.165) is 36.8 Å². The molecule has 1 aliphatic rings. The van der Waals surface area contributed by atoms with Gasteiger partial charge in [-0.25, -0.2) is 4.98 Å². The molecule has 1 fully saturated rings. The Balaban J connectivity index is 1.80. The van der Waals surface area contributed by atoms with Crippen molar-refractivity contribution in [2.45, 2.75) is 31.8 Å². The van der Waals surface area contributed by atoms with E-state index in [1.807, 2.05) is 0 Å². The molecule has 0 bridgehead atoms. The Morgan fingerprint density at radius 1 is 1.55 bits per heavy atom. The van der Waals surface area contributed by atoms with E-state index >= 15 is 0 Å². The molecular formula is C14H22N4OS. The molecule has 0 amide bonds. The first-order valence-electron chi connectivity index (χ1n) is 7.27. The van der Waals surface area contributed by atoms with Gasteiger partial charge in [-0.15, -0.1) is 11.3 Å². The fourth-order valence-electron chi connectivity index (χ4n) is 2.84. The van der Waals surface area contributed by atoms with Crippen LogP contribution < -0.4 is 10.6 Å². The molecule has 0 spiro atoms. The molecule has 20 heavy (non-hydrogen) atoms. The molecule has 5 nitrogen and oxygen atoms in total. The highest BCUT2D eigenvalue weighted by atomic mass is 32.1. The van der Waals surface area contributed by atoms with Crippen molar-refractivity contribution in [3.05, 3.63) is 17.3 Å². The van der Waals surface area contributed by atoms with Crippen LogP contribution in [0.15, 0.2) is 11.6 Å². The van der Waals surface area contributed by atoms with Crippen LogP contribution in [0.25, 0.3) is 4.96 Å². The Bertz CT molecular complexity index is 559. The first kappa shape index (κ1) is 13.9. The first-order valence-corrected chi connectivity index (χ1v) is 8.15. The number of nitrogens with two attached hydrogens (primary N) is 1. The van der Waals surface area contributed by atoms with E-state index in [1.54, 1.807) is 11.3 Å². The monoisotopic (exact) mass is 294 g/mol. The molecule has 3 rings (SSSR count). The summed E-state index contributed by atoms with van der Waals surface area (Å²) < 4.78 is 7.98. The number of aromatic nitrogens is 2. The summed E-state index contributed by atoms with van der Waals surface area (Å²) in [7, 11) is 2.10. The fraction of sp³-hybridized carbons (Fsp3) is 0.643. The summed E-state index contributed by atoms with van der Waals surface area (Å²) in [4.78, 5) is 8.02. The predicted octanol–water partition coefficient (Wildman–Crippen LogP) is 1.90. The average Bonchev–Trinajstić information content (AvgIpc) is 3.03. The minimum absolute atomic E-state index is 0.333. The van der Waals surface area contributed by atoms with E-state index in [1.165, 1.54) is 18.5 Å². The van der Waals surface area contributed by atoms with Gasteiger partial charge in [0.1, 0.15) is 0 Å². The van der Waals surface area contributed by atoms with Crippen molar-refractivity contribution in [1.82, 2.24) is 9.38 Å². The SMILES string of the molecule is CN(CC1CCCCO1)c1nc2sccn2c1CCN. The number of likely N-dealkylation sites (N-methyl/N-ethyl adjacent to an activating group) is 1. The third kappa shape index (κ3) is 2.68. The molecular weight excluding hydrogens is 272 g/mol. The van der Waals surface area contributed by atoms with Gasteiger partial charge < -0.3 is 15.4 Å². The lowest BCUT2D eigenvalue weighted by atomic mass is 10.1. The van der Waals surface area contributed by atoms with Gasteiger partial charge in [-0.2, -0.15) is 0 Å². The van der Waals surface area contributed by atoms with Gasteiger partial charge in [0.2, 0.25) is 0 Å². The van der Waals surface area contributed by atoms with Crippen molar-refractivity contribution < 1.29 is 4.74 Å². The number of rotatable bonds is 5. The molecule has 1 saturated heterocycles. The molecule has 6 heteroatoms. The summed E-state index contributed by atoms with van der Waals surface area (Å²) in [6.07, 6.45) is 6.87. The number of ether oxygens (including phenoxy) is 1. The van der Waals surface area contributed by atoms with Crippen LogP contribution in [0.5, 0.6) is 0 Å². The van der Waals surface area contributed by atoms with Crippen molar-refractivity contribution in [1.29, 1.82) is 0 Å². The van der Waals surface area contributed by atoms with E-state index < -0.39 is 0 Å². The van der Waals surface area contributed by atoms with Gasteiger partial charge in [0.25, 0.3) is 0 Å². The van der Waals surface area contributed by atoms with Gasteiger partial charge in [0.05, 0.1) is 11.8 Å². The highest BCUT2D eigenvalue weighted by Gasteiger charge is 2.20. The second-order valence-electron chi connectivity index (χ2n) is 5.35. The molecule has 0 aliphatic carbocycles. The Hall–Kier alpha value is -1.11. The second-order valence-corrected chi connectivity index (χ2v) is 6.22. The summed E-state index contributed by atoms with van der Waals surface area (Å²) in [6.45, 7) is 2.44. The Morgan fingerprint density at radius 2 is 2.45 bits per heavy atom. The van der Waals surface area contributed by atoms with Crippen LogP contribution in [0.1, 0.15) is 25.0 Å². The van der Waals surface area contributed by atoms with Crippen molar-refractivity contribution in [2.75, 3.05) is 31.6 Å². The van der Waals surface area contributed by atoms with Crippen LogP contribution in [0, 0.1) is 0 Å². The van der Waals surface area contributed by atoms with Crippen LogP contribution in [0.3, 0.4) is 0 Å². The van der Waals surface area contributed by atoms with Crippen molar-refractivity contribution >= 4 is 22.1 Å². The summed E-state index contributed by atoms with van der Waals surface area (Å²) in [6, 6.07) is 0. The average molecular weight is 294 g/mol. The minimum Gasteiger partial charge on any atom is -0.376 e. The van der Waals surface area contributed by atoms with E-state index in [4.69, 9.17) is 15.5 Å². The maximum atomic E-state index is 5.83. The van der Waals surface area contributed by atoms with Crippen molar-refractivity contribution in [3.63, 3.8) is 0 Å². The van der Waals surface area contributed by atoms with Gasteiger partial charge in [0, 0.05) is 38.2 Å². The lowest BCUT2D eigenvalue weighted by molar-refractivity contribution is 0.0215. The van der Waals surface area contributed by atoms with Crippen molar-refractivity contribution in [3.8, 4) is 0 Å². The zero-order chi connectivity index (χ0) is 13.9. The topological polar surface area (TPSA) is 55.8 Å². The maximum absolute atomic E-state index is 5.83. The molecule has 110 valence electrons. The summed E-state index contributed by atoms with van der Waals surface area (Å²) >= 11 is 1.66. The number of thiazole rings is 1. The molecule has 2 aromatic rings. The molecule has 0 saturated carbocycles. The van der Waals surface area contributed by atoms with Crippen molar-refractivity contribution in [2.24, 2.45) is 5.73 Å². The predicted molar refractivity (Wildman–Crippen MR) is 82.7 cm³/mol. The Kier molecular flexibility index (Phi) is 4.24. The lowest BCUT2D eigenvalue weighted by Gasteiger charge is -2.28. The van der Waals surface area contributed by atoms with Crippen LogP contribution in [-0.4, -0.2) is 42.2 Å². The van der Waals surface area contributed by atoms with Gasteiger partial charge in [0.15, 0.2) is 10.8 Å². The number of anilines is 1. The number of imidazole rings is 1. The smallest absolute Gasteiger partial charge is 0.195 e. The number of fused-ring (bicyclic) bond motifs is 1. The van der Waals surface area contributed by atoms with Gasteiger partial charge in [-0.05, 0) is 25.8 Å². The van der Waals surface area contributed by atoms with Crippen LogP contribution in [0.2, 0.25) is 0 Å². The third-order valence-electron chi connectivity index (χ3n) is 3.83. The molecule has 2 aromatic heterocycles. The zero-order valence-electron chi connectivity index (χ0n) is 11.9. The van der Waals surface area contributed by atoms with Gasteiger partial charge in [-0.3, -0.25) is 4.40 Å². The third-order valence-corrected chi connectivity index (χ3v) is 4.59. The molecule has 0 aromatic carbocycles. The molecule has 0 radical (unpaired) electrons. The lowest BCUT2D eigenvalue weighted by Crippen LogP contribution is -2.34. The van der Waals surface area contributed by atoms with Gasteiger partial charge in [-0.1, -0.05) is 0 Å². The Labute approximate surface area is 123 Å². The zero-order valence-corrected chi connectivity index (χ0v) is 12.7. The largest absolute Gasteiger partial charge is 0.376 e. The number of hydrogen-bond donors (Lipinski definition) is 1. The minimum atomic E-state index is 0.333. The quantitative estimate of drug-likeness (QED) is 0.915. The Morgan fingerprint density at radius 3 is 3.20 bits per heavy atom. The van der Waals surface area contributed by atoms with Crippen LogP contribution >= 0.6 is 11.3 Å². The van der Waals surface area contributed by atoms with E-state index in [-0.39, 0.29) is 0 Å². The number of hydrogen-bond acceptors (Lipinski definition) is 5. The summed E-state index contributed by atoms with van der Waals surface area (Å²) in [5, 5.41) is 2.07. The molecule has 2 N–H and O–H groups in total. The number of nitrogens with zero attached hydrogens (tertiary/aromatic N) is 3. The van der Waals surface area contributed by atoms with Crippen LogP contribution in [0.4, 0.5) is 5.82 Å². The highest BCUT2D eigenvalue weighted by molar-refractivity contribution is 7.15. The van der Waals surface area contributed by atoms with E-state index in [2.05, 4.69) is 27.9 Å². The van der Waals surface area contributed by atoms with E-state index in [0.29, 0.717) is 12.6 Å². The standard InChI is InChI=1S/C14H22N4OS/c1-17(10-11-4-2-3-8-19-11)13-12(5-6-15)18-7-9-20-14(18)16-13/h7,9,11H,2-6,8,10,15H2,1H3. The maximum Gasteiger partial charge on any atom is 0.195 e. The normalized spacial score (nSPS) is 19.6. The molecule has 1 atom stereocenters. The van der Waals surface area contributed by atoms with Crippen LogP contribution in [-0.2, 0) is 11.2 Å².